The second-order valence-electron chi connectivity index (χ2n) is 4.17. The molecule has 4 heteroatoms. The first kappa shape index (κ1) is 11.8. The van der Waals surface area contributed by atoms with Crippen LogP contribution >= 0.6 is 11.6 Å². The van der Waals surface area contributed by atoms with Gasteiger partial charge in [0.05, 0.1) is 5.39 Å². The molecule has 0 spiro atoms. The number of benzene rings is 2. The predicted octanol–water partition coefficient (Wildman–Crippen LogP) is 3.82. The summed E-state index contributed by atoms with van der Waals surface area (Å²) in [5.74, 6) is 0.487. The normalized spacial score (nSPS) is 10.8. The van der Waals surface area contributed by atoms with Gasteiger partial charge in [0, 0.05) is 16.7 Å². The third-order valence-electron chi connectivity index (χ3n) is 2.82. The van der Waals surface area contributed by atoms with Gasteiger partial charge in [0.2, 0.25) is 0 Å². The quantitative estimate of drug-likeness (QED) is 0.733. The zero-order valence-electron chi connectivity index (χ0n) is 9.76. The van der Waals surface area contributed by atoms with E-state index in [0.717, 1.165) is 5.56 Å². The van der Waals surface area contributed by atoms with E-state index >= 15 is 0 Å². The zero-order chi connectivity index (χ0) is 13.4. The molecule has 0 saturated heterocycles. The lowest BCUT2D eigenvalue weighted by atomic mass is 10.1. The summed E-state index contributed by atoms with van der Waals surface area (Å²) in [4.78, 5) is 12.0. The molecule has 19 heavy (non-hydrogen) atoms. The van der Waals surface area contributed by atoms with E-state index in [-0.39, 0.29) is 11.2 Å². The number of rotatable bonds is 1. The van der Waals surface area contributed by atoms with E-state index < -0.39 is 0 Å². The number of aromatic hydroxyl groups is 1. The van der Waals surface area contributed by atoms with Crippen molar-refractivity contribution in [3.63, 3.8) is 0 Å². The van der Waals surface area contributed by atoms with Crippen LogP contribution in [0.5, 0.6) is 5.75 Å². The molecule has 3 nitrogen and oxygen atoms in total. The van der Waals surface area contributed by atoms with Crippen LogP contribution < -0.4 is 5.43 Å². The third-order valence-corrected chi connectivity index (χ3v) is 3.05. The van der Waals surface area contributed by atoms with Gasteiger partial charge in [-0.25, -0.2) is 0 Å². The Balaban J connectivity index is 2.27. The lowest BCUT2D eigenvalue weighted by Gasteiger charge is -2.03. The van der Waals surface area contributed by atoms with Crippen molar-refractivity contribution in [1.29, 1.82) is 0 Å². The minimum absolute atomic E-state index is 0.0373. The van der Waals surface area contributed by atoms with Crippen LogP contribution in [0.1, 0.15) is 0 Å². The minimum Gasteiger partial charge on any atom is -0.508 e. The molecule has 0 amide bonds. The predicted molar refractivity (Wildman–Crippen MR) is 74.6 cm³/mol. The van der Waals surface area contributed by atoms with Gasteiger partial charge in [-0.15, -0.1) is 0 Å². The van der Waals surface area contributed by atoms with Gasteiger partial charge < -0.3 is 9.52 Å². The Morgan fingerprint density at radius 3 is 2.68 bits per heavy atom. The second kappa shape index (κ2) is 4.44. The summed E-state index contributed by atoms with van der Waals surface area (Å²) in [5.41, 5.74) is 0.965. The molecule has 0 aliphatic carbocycles. The summed E-state index contributed by atoms with van der Waals surface area (Å²) in [6.45, 7) is 0. The van der Waals surface area contributed by atoms with Gasteiger partial charge in [0.15, 0.2) is 5.43 Å². The molecule has 2 aromatic carbocycles. The molecular weight excluding hydrogens is 264 g/mol. The summed E-state index contributed by atoms with van der Waals surface area (Å²) < 4.78 is 5.67. The molecule has 94 valence electrons. The number of hydrogen-bond donors (Lipinski definition) is 1. The van der Waals surface area contributed by atoms with Crippen molar-refractivity contribution in [1.82, 2.24) is 0 Å². The van der Waals surface area contributed by atoms with E-state index in [2.05, 4.69) is 0 Å². The number of phenolic OH excluding ortho intramolecular Hbond substituents is 1. The molecule has 0 aliphatic rings. The Hall–Kier alpha value is -2.26. The highest BCUT2D eigenvalue weighted by molar-refractivity contribution is 6.30. The van der Waals surface area contributed by atoms with Crippen LogP contribution in [0.3, 0.4) is 0 Å². The number of phenols is 1. The van der Waals surface area contributed by atoms with E-state index in [1.165, 1.54) is 18.2 Å². The van der Waals surface area contributed by atoms with Gasteiger partial charge in [0.25, 0.3) is 0 Å². The zero-order valence-corrected chi connectivity index (χ0v) is 10.5. The van der Waals surface area contributed by atoms with E-state index in [0.29, 0.717) is 21.8 Å². The third kappa shape index (κ3) is 2.20. The van der Waals surface area contributed by atoms with Crippen LogP contribution in [0.2, 0.25) is 5.02 Å². The summed E-state index contributed by atoms with van der Waals surface area (Å²) in [6, 6.07) is 12.9. The largest absolute Gasteiger partial charge is 0.508 e. The van der Waals surface area contributed by atoms with Crippen molar-refractivity contribution in [2.24, 2.45) is 0 Å². The first-order chi connectivity index (χ1) is 9.13. The molecule has 1 aromatic heterocycles. The minimum atomic E-state index is -0.202. The number of hydrogen-bond acceptors (Lipinski definition) is 3. The topological polar surface area (TPSA) is 50.4 Å². The highest BCUT2D eigenvalue weighted by atomic mass is 35.5. The molecule has 0 aliphatic heterocycles. The monoisotopic (exact) mass is 272 g/mol. The highest BCUT2D eigenvalue weighted by Crippen LogP contribution is 2.25. The van der Waals surface area contributed by atoms with E-state index in [9.17, 15) is 9.90 Å². The maximum atomic E-state index is 12.0. The van der Waals surface area contributed by atoms with Gasteiger partial charge in [-0.1, -0.05) is 23.7 Å². The van der Waals surface area contributed by atoms with Crippen molar-refractivity contribution < 1.29 is 9.52 Å². The highest BCUT2D eigenvalue weighted by Gasteiger charge is 2.07. The van der Waals surface area contributed by atoms with E-state index in [1.54, 1.807) is 24.3 Å². The Morgan fingerprint density at radius 1 is 1.05 bits per heavy atom. The number of fused-ring (bicyclic) bond motifs is 1. The lowest BCUT2D eigenvalue weighted by molar-refractivity contribution is 0.475. The fraction of sp³-hybridized carbons (Fsp3) is 0. The molecule has 0 atom stereocenters. The average Bonchev–Trinajstić information content (AvgIpc) is 2.39. The second-order valence-corrected chi connectivity index (χ2v) is 4.60. The summed E-state index contributed by atoms with van der Waals surface area (Å²) in [6.07, 6.45) is 0. The van der Waals surface area contributed by atoms with Crippen molar-refractivity contribution >= 4 is 22.6 Å². The fourth-order valence-electron chi connectivity index (χ4n) is 1.93. The summed E-state index contributed by atoms with van der Waals surface area (Å²) in [7, 11) is 0. The first-order valence-corrected chi connectivity index (χ1v) is 6.04. The van der Waals surface area contributed by atoms with Crippen molar-refractivity contribution in [3.8, 4) is 17.1 Å². The first-order valence-electron chi connectivity index (χ1n) is 5.66. The molecule has 3 aromatic rings. The molecule has 3 rings (SSSR count). The van der Waals surface area contributed by atoms with E-state index in [1.807, 2.05) is 6.07 Å². The van der Waals surface area contributed by atoms with Crippen LogP contribution in [0.4, 0.5) is 0 Å². The smallest absolute Gasteiger partial charge is 0.193 e. The van der Waals surface area contributed by atoms with Gasteiger partial charge in [0.1, 0.15) is 17.1 Å². The SMILES string of the molecule is O=c1cc(-c2cccc(Cl)c2)oc2ccc(O)cc12. The maximum Gasteiger partial charge on any atom is 0.193 e. The number of halogens is 1. The van der Waals surface area contributed by atoms with Crippen molar-refractivity contribution in [3.05, 3.63) is 63.8 Å². The molecule has 1 heterocycles. The lowest BCUT2D eigenvalue weighted by Crippen LogP contribution is -1.99. The Kier molecular flexibility index (Phi) is 2.76. The molecule has 0 bridgehead atoms. The van der Waals surface area contributed by atoms with Crippen LogP contribution in [0, 0.1) is 0 Å². The van der Waals surface area contributed by atoms with Crippen molar-refractivity contribution in [2.45, 2.75) is 0 Å². The Bertz CT molecular complexity index is 821. The average molecular weight is 273 g/mol. The maximum absolute atomic E-state index is 12.0. The van der Waals surface area contributed by atoms with Gasteiger partial charge in [-0.05, 0) is 30.3 Å². The van der Waals surface area contributed by atoms with Crippen LogP contribution in [0.15, 0.2) is 57.7 Å². The molecular formula is C15H9ClO3. The summed E-state index contributed by atoms with van der Waals surface area (Å²) in [5, 5.41) is 10.3. The van der Waals surface area contributed by atoms with Crippen molar-refractivity contribution in [2.75, 3.05) is 0 Å². The molecule has 0 radical (unpaired) electrons. The molecule has 0 fully saturated rings. The molecule has 1 N–H and O–H groups in total. The molecule has 0 saturated carbocycles. The molecule has 0 unspecified atom stereocenters. The van der Waals surface area contributed by atoms with Gasteiger partial charge in [-0.3, -0.25) is 4.79 Å². The standard InChI is InChI=1S/C15H9ClO3/c16-10-3-1-2-9(6-10)15-8-13(18)12-7-11(17)4-5-14(12)19-15/h1-8,17H. The van der Waals surface area contributed by atoms with Crippen LogP contribution in [-0.2, 0) is 0 Å². The van der Waals surface area contributed by atoms with E-state index in [4.69, 9.17) is 16.0 Å². The van der Waals surface area contributed by atoms with Gasteiger partial charge in [-0.2, -0.15) is 0 Å². The van der Waals surface area contributed by atoms with Crippen LogP contribution in [0.25, 0.3) is 22.3 Å². The van der Waals surface area contributed by atoms with Gasteiger partial charge >= 0.3 is 0 Å². The Morgan fingerprint density at radius 2 is 1.89 bits per heavy atom. The fourth-order valence-corrected chi connectivity index (χ4v) is 2.12. The summed E-state index contributed by atoms with van der Waals surface area (Å²) >= 11 is 5.92. The van der Waals surface area contributed by atoms with Crippen LogP contribution in [-0.4, -0.2) is 5.11 Å². The Labute approximate surface area is 113 Å².